The van der Waals surface area contributed by atoms with E-state index in [2.05, 4.69) is 20.2 Å². The van der Waals surface area contributed by atoms with Crippen LogP contribution in [0.25, 0.3) is 0 Å². The number of hydrogen-bond donors (Lipinski definition) is 2. The normalized spacial score (nSPS) is 11.4. The molecule has 1 aromatic carbocycles. The maximum absolute atomic E-state index is 12.3. The number of benzene rings is 1. The monoisotopic (exact) mass is 384 g/mol. The lowest BCUT2D eigenvalue weighted by Crippen LogP contribution is -2.25. The van der Waals surface area contributed by atoms with Crippen molar-refractivity contribution in [3.05, 3.63) is 34.8 Å². The number of nitrogens with zero attached hydrogens (tertiary/aromatic N) is 2. The van der Waals surface area contributed by atoms with Crippen LogP contribution in [0.5, 0.6) is 0 Å². The topological polar surface area (TPSA) is 110 Å². The van der Waals surface area contributed by atoms with Crippen LogP contribution in [-0.4, -0.2) is 38.2 Å². The average Bonchev–Trinajstić information content (AvgIpc) is 3.02. The summed E-state index contributed by atoms with van der Waals surface area (Å²) < 4.78 is 31.9. The summed E-state index contributed by atoms with van der Waals surface area (Å²) >= 11 is 1.19. The second-order valence-electron chi connectivity index (χ2n) is 5.17. The van der Waals surface area contributed by atoms with Crippen molar-refractivity contribution in [2.75, 3.05) is 19.0 Å². The molecule has 2 aromatic rings. The summed E-state index contributed by atoms with van der Waals surface area (Å²) in [5, 5.41) is 11.3. The first-order chi connectivity index (χ1) is 12.0. The van der Waals surface area contributed by atoms with Gasteiger partial charge in [-0.05, 0) is 24.6 Å². The Kier molecular flexibility index (Phi) is 7.00. The van der Waals surface area contributed by atoms with E-state index in [9.17, 15) is 13.2 Å². The molecular weight excluding hydrogens is 364 g/mol. The Balaban J connectivity index is 2.10. The van der Waals surface area contributed by atoms with E-state index < -0.39 is 15.9 Å². The fraction of sp³-hybridized carbons (Fsp3) is 0.400. The van der Waals surface area contributed by atoms with Crippen LogP contribution in [0.2, 0.25) is 0 Å². The highest BCUT2D eigenvalue weighted by molar-refractivity contribution is 7.89. The van der Waals surface area contributed by atoms with Crippen LogP contribution in [-0.2, 0) is 21.4 Å². The number of carbonyl (C=O) groups excluding carboxylic acids is 1. The first-order valence-electron chi connectivity index (χ1n) is 7.68. The lowest BCUT2D eigenvalue weighted by Gasteiger charge is -2.08. The van der Waals surface area contributed by atoms with E-state index in [0.29, 0.717) is 23.3 Å². The van der Waals surface area contributed by atoms with Gasteiger partial charge in [0.15, 0.2) is 0 Å². The minimum absolute atomic E-state index is 0.0496. The highest BCUT2D eigenvalue weighted by Crippen LogP contribution is 2.18. The van der Waals surface area contributed by atoms with Crippen molar-refractivity contribution >= 4 is 32.4 Å². The smallest absolute Gasteiger partial charge is 0.257 e. The van der Waals surface area contributed by atoms with Gasteiger partial charge in [-0.2, -0.15) is 0 Å². The predicted octanol–water partition coefficient (Wildman–Crippen LogP) is 2.02. The van der Waals surface area contributed by atoms with E-state index in [-0.39, 0.29) is 10.5 Å². The van der Waals surface area contributed by atoms with Gasteiger partial charge in [-0.3, -0.25) is 10.1 Å². The second-order valence-corrected chi connectivity index (χ2v) is 8.00. The van der Waals surface area contributed by atoms with Crippen LogP contribution in [0, 0.1) is 0 Å². The summed E-state index contributed by atoms with van der Waals surface area (Å²) in [5.41, 5.74) is 0.224. The van der Waals surface area contributed by atoms with Crippen molar-refractivity contribution in [2.45, 2.75) is 31.3 Å². The molecule has 2 rings (SSSR count). The largest absolute Gasteiger partial charge is 0.377 e. The van der Waals surface area contributed by atoms with E-state index in [1.165, 1.54) is 35.6 Å². The summed E-state index contributed by atoms with van der Waals surface area (Å²) in [7, 11) is -2.09. The van der Waals surface area contributed by atoms with Crippen LogP contribution < -0.4 is 10.0 Å². The maximum Gasteiger partial charge on any atom is 0.257 e. The van der Waals surface area contributed by atoms with Gasteiger partial charge in [0.1, 0.15) is 11.6 Å². The van der Waals surface area contributed by atoms with Crippen LogP contribution in [0.15, 0.2) is 29.2 Å². The van der Waals surface area contributed by atoms with Crippen molar-refractivity contribution in [3.63, 3.8) is 0 Å². The zero-order valence-electron chi connectivity index (χ0n) is 14.0. The molecule has 136 valence electrons. The Bertz CT molecular complexity index is 820. The quantitative estimate of drug-likeness (QED) is 0.640. The molecule has 0 saturated carbocycles. The van der Waals surface area contributed by atoms with Crippen molar-refractivity contribution in [1.29, 1.82) is 0 Å². The molecular formula is C15H20N4O4S2. The number of nitrogens with one attached hydrogen (secondary N) is 2. The Morgan fingerprint density at radius 2 is 2.12 bits per heavy atom. The van der Waals surface area contributed by atoms with E-state index >= 15 is 0 Å². The number of amides is 1. The van der Waals surface area contributed by atoms with Gasteiger partial charge in [0.05, 0.1) is 4.90 Å². The molecule has 0 radical (unpaired) electrons. The number of hydrogen-bond acceptors (Lipinski definition) is 7. The number of rotatable bonds is 9. The minimum atomic E-state index is -3.64. The van der Waals surface area contributed by atoms with E-state index in [4.69, 9.17) is 4.74 Å². The number of anilines is 1. The third-order valence-corrected chi connectivity index (χ3v) is 5.45. The molecule has 0 bridgehead atoms. The molecule has 2 N–H and O–H groups in total. The van der Waals surface area contributed by atoms with Crippen molar-refractivity contribution < 1.29 is 17.9 Å². The zero-order valence-corrected chi connectivity index (χ0v) is 15.6. The molecule has 8 nitrogen and oxygen atoms in total. The van der Waals surface area contributed by atoms with Gasteiger partial charge < -0.3 is 4.74 Å². The highest BCUT2D eigenvalue weighted by Gasteiger charge is 2.16. The summed E-state index contributed by atoms with van der Waals surface area (Å²) in [6.45, 7) is 2.65. The molecule has 0 aliphatic rings. The fourth-order valence-electron chi connectivity index (χ4n) is 1.93. The van der Waals surface area contributed by atoms with Gasteiger partial charge >= 0.3 is 0 Å². The molecule has 10 heteroatoms. The minimum Gasteiger partial charge on any atom is -0.377 e. The van der Waals surface area contributed by atoms with E-state index in [0.717, 1.165) is 12.8 Å². The first-order valence-corrected chi connectivity index (χ1v) is 9.98. The van der Waals surface area contributed by atoms with Crippen LogP contribution in [0.4, 0.5) is 5.13 Å². The molecule has 1 aromatic heterocycles. The summed E-state index contributed by atoms with van der Waals surface area (Å²) in [6, 6.07) is 5.85. The van der Waals surface area contributed by atoms with Gasteiger partial charge in [-0.15, -0.1) is 10.2 Å². The third-order valence-electron chi connectivity index (χ3n) is 3.18. The van der Waals surface area contributed by atoms with Crippen molar-refractivity contribution in [2.24, 2.45) is 0 Å². The third kappa shape index (κ3) is 5.56. The van der Waals surface area contributed by atoms with E-state index in [1.54, 1.807) is 7.11 Å². The number of sulfonamides is 1. The van der Waals surface area contributed by atoms with Gasteiger partial charge in [0.2, 0.25) is 15.2 Å². The van der Waals surface area contributed by atoms with E-state index in [1.807, 2.05) is 6.92 Å². The predicted molar refractivity (Wildman–Crippen MR) is 95.1 cm³/mol. The lowest BCUT2D eigenvalue weighted by atomic mass is 10.2. The molecule has 1 heterocycles. The Morgan fingerprint density at radius 1 is 1.32 bits per heavy atom. The molecule has 25 heavy (non-hydrogen) atoms. The van der Waals surface area contributed by atoms with Crippen LogP contribution in [0.1, 0.15) is 35.1 Å². The molecule has 0 aliphatic heterocycles. The fourth-order valence-corrected chi connectivity index (χ4v) is 3.75. The molecule has 0 atom stereocenters. The Hall–Kier alpha value is -1.88. The zero-order chi connectivity index (χ0) is 18.3. The SMILES string of the molecule is CCCCNS(=O)(=O)c1cccc(C(=O)Nc2nnc(COC)s2)c1. The molecule has 1 amide bonds. The number of carbonyl (C=O) groups is 1. The highest BCUT2D eigenvalue weighted by atomic mass is 32.2. The number of methoxy groups -OCH3 is 1. The molecule has 0 fully saturated rings. The average molecular weight is 384 g/mol. The summed E-state index contributed by atoms with van der Waals surface area (Å²) in [4.78, 5) is 12.4. The molecule has 0 unspecified atom stereocenters. The van der Waals surface area contributed by atoms with Crippen LogP contribution >= 0.6 is 11.3 Å². The van der Waals surface area contributed by atoms with Gasteiger partial charge in [-0.1, -0.05) is 30.7 Å². The van der Waals surface area contributed by atoms with Crippen LogP contribution in [0.3, 0.4) is 0 Å². The maximum atomic E-state index is 12.3. The molecule has 0 aliphatic carbocycles. The molecule has 0 spiro atoms. The standard InChI is InChI=1S/C15H20N4O4S2/c1-3-4-8-16-25(21,22)12-7-5-6-11(9-12)14(20)17-15-19-18-13(24-15)10-23-2/h5-7,9,16H,3-4,8,10H2,1-2H3,(H,17,19,20). The number of aromatic nitrogens is 2. The number of unbranched alkanes of at least 4 members (excludes halogenated alkanes) is 1. The van der Waals surface area contributed by atoms with Gasteiger partial charge in [0.25, 0.3) is 5.91 Å². The second kappa shape index (κ2) is 8.99. The first kappa shape index (κ1) is 19.4. The van der Waals surface area contributed by atoms with Crippen molar-refractivity contribution in [3.8, 4) is 0 Å². The lowest BCUT2D eigenvalue weighted by molar-refractivity contribution is 0.102. The summed E-state index contributed by atoms with van der Waals surface area (Å²) in [5.74, 6) is -0.453. The van der Waals surface area contributed by atoms with Gasteiger partial charge in [-0.25, -0.2) is 13.1 Å². The summed E-state index contributed by atoms with van der Waals surface area (Å²) in [6.07, 6.45) is 1.64. The van der Waals surface area contributed by atoms with Gasteiger partial charge in [0, 0.05) is 19.2 Å². The Labute approximate surface area is 150 Å². The van der Waals surface area contributed by atoms with Crippen molar-refractivity contribution in [1.82, 2.24) is 14.9 Å². The Morgan fingerprint density at radius 3 is 2.84 bits per heavy atom. The number of ether oxygens (including phenoxy) is 1. The molecule has 0 saturated heterocycles.